The van der Waals surface area contributed by atoms with Gasteiger partial charge in [0.15, 0.2) is 0 Å². The van der Waals surface area contributed by atoms with Crippen LogP contribution in [0.15, 0.2) is 18.2 Å². The summed E-state index contributed by atoms with van der Waals surface area (Å²) in [5.41, 5.74) is -1.36. The monoisotopic (exact) mass is 430 g/mol. The lowest BCUT2D eigenvalue weighted by molar-refractivity contribution is -0.140. The molecule has 0 aliphatic heterocycles. The first-order valence-corrected chi connectivity index (χ1v) is 11.4. The Bertz CT molecular complexity index is 649. The molecule has 1 aromatic rings. The molecular formula is C24H34F4O2. The molecule has 0 unspecified atom stereocenters. The number of hydrogen-bond acceptors (Lipinski definition) is 2. The molecule has 0 heterocycles. The van der Waals surface area contributed by atoms with Gasteiger partial charge in [-0.25, -0.2) is 4.39 Å². The summed E-state index contributed by atoms with van der Waals surface area (Å²) in [6, 6.07) is 2.20. The molecule has 0 radical (unpaired) electrons. The highest BCUT2D eigenvalue weighted by molar-refractivity contribution is 5.72. The number of carbonyl (C=O) groups excluding carboxylic acids is 1. The van der Waals surface area contributed by atoms with Gasteiger partial charge in [-0.1, -0.05) is 77.6 Å². The van der Waals surface area contributed by atoms with Gasteiger partial charge in [-0.05, 0) is 30.4 Å². The normalized spacial score (nSPS) is 19.6. The number of alkyl halides is 3. The first-order chi connectivity index (χ1) is 14.3. The molecule has 1 fully saturated rings. The van der Waals surface area contributed by atoms with Crippen molar-refractivity contribution in [2.24, 2.45) is 11.8 Å². The van der Waals surface area contributed by atoms with E-state index in [0.29, 0.717) is 24.5 Å². The van der Waals surface area contributed by atoms with E-state index in [0.717, 1.165) is 24.8 Å². The van der Waals surface area contributed by atoms with E-state index < -0.39 is 23.5 Å². The van der Waals surface area contributed by atoms with E-state index in [-0.39, 0.29) is 12.2 Å². The Morgan fingerprint density at radius 3 is 2.17 bits per heavy atom. The summed E-state index contributed by atoms with van der Waals surface area (Å²) in [6.07, 6.45) is 10.0. The van der Waals surface area contributed by atoms with Crippen molar-refractivity contribution in [1.29, 1.82) is 0 Å². The fourth-order valence-electron chi connectivity index (χ4n) is 4.32. The third kappa shape index (κ3) is 8.65. The van der Waals surface area contributed by atoms with Crippen LogP contribution in [-0.4, -0.2) is 5.97 Å². The maximum atomic E-state index is 13.6. The van der Waals surface area contributed by atoms with Gasteiger partial charge >= 0.3 is 12.1 Å². The number of rotatable bonds is 11. The molecule has 0 spiro atoms. The largest absolute Gasteiger partial charge is 0.426 e. The van der Waals surface area contributed by atoms with E-state index in [1.807, 2.05) is 0 Å². The van der Waals surface area contributed by atoms with Crippen molar-refractivity contribution in [2.45, 2.75) is 96.6 Å². The van der Waals surface area contributed by atoms with Gasteiger partial charge in [0, 0.05) is 12.5 Å². The van der Waals surface area contributed by atoms with Crippen LogP contribution in [0.2, 0.25) is 0 Å². The minimum atomic E-state index is -4.76. The zero-order chi connectivity index (χ0) is 22.0. The third-order valence-corrected chi connectivity index (χ3v) is 6.17. The summed E-state index contributed by atoms with van der Waals surface area (Å²) in [5.74, 6) is -0.856. The van der Waals surface area contributed by atoms with Crippen LogP contribution in [-0.2, 0) is 11.0 Å². The third-order valence-electron chi connectivity index (χ3n) is 6.17. The maximum Gasteiger partial charge on any atom is 0.419 e. The highest BCUT2D eigenvalue weighted by Crippen LogP contribution is 2.35. The van der Waals surface area contributed by atoms with Crippen molar-refractivity contribution in [2.75, 3.05) is 0 Å². The van der Waals surface area contributed by atoms with Crippen molar-refractivity contribution in [3.8, 4) is 5.75 Å². The van der Waals surface area contributed by atoms with E-state index in [2.05, 4.69) is 6.92 Å². The van der Waals surface area contributed by atoms with Crippen molar-refractivity contribution in [3.05, 3.63) is 29.6 Å². The summed E-state index contributed by atoms with van der Waals surface area (Å²) >= 11 is 0. The number of halogens is 4. The lowest BCUT2D eigenvalue weighted by atomic mass is 9.78. The standard InChI is InChI=1S/C24H34F4O2/c1-2-3-4-5-6-7-8-18-9-11-19(12-10-18)13-16-23(29)30-20-14-15-21(22(25)17-20)24(26,27)28/h14-15,17-19H,2-13,16H2,1H3. The fourth-order valence-corrected chi connectivity index (χ4v) is 4.32. The number of unbranched alkanes of at least 4 members (excludes halogenated alkanes) is 5. The topological polar surface area (TPSA) is 26.3 Å². The molecule has 30 heavy (non-hydrogen) atoms. The predicted octanol–water partition coefficient (Wildman–Crippen LogP) is 8.09. The van der Waals surface area contributed by atoms with Gasteiger partial charge in [-0.2, -0.15) is 13.2 Å². The van der Waals surface area contributed by atoms with Crippen LogP contribution >= 0.6 is 0 Å². The maximum absolute atomic E-state index is 13.6. The number of carbonyl (C=O) groups is 1. The van der Waals surface area contributed by atoms with Gasteiger partial charge in [-0.3, -0.25) is 4.79 Å². The summed E-state index contributed by atoms with van der Waals surface area (Å²) in [6.45, 7) is 2.23. The molecule has 0 aromatic heterocycles. The van der Waals surface area contributed by atoms with Gasteiger partial charge in [0.25, 0.3) is 0 Å². The predicted molar refractivity (Wildman–Crippen MR) is 110 cm³/mol. The molecule has 0 N–H and O–H groups in total. The van der Waals surface area contributed by atoms with E-state index >= 15 is 0 Å². The minimum Gasteiger partial charge on any atom is -0.426 e. The average molecular weight is 431 g/mol. The first-order valence-electron chi connectivity index (χ1n) is 11.4. The van der Waals surface area contributed by atoms with Crippen LogP contribution in [0.5, 0.6) is 5.75 Å². The number of hydrogen-bond donors (Lipinski definition) is 0. The molecule has 0 saturated heterocycles. The van der Waals surface area contributed by atoms with E-state index in [4.69, 9.17) is 4.74 Å². The van der Waals surface area contributed by atoms with Crippen LogP contribution in [0.3, 0.4) is 0 Å². The number of ether oxygens (including phenoxy) is 1. The minimum absolute atomic E-state index is 0.187. The number of esters is 1. The average Bonchev–Trinajstić information content (AvgIpc) is 2.69. The van der Waals surface area contributed by atoms with Crippen molar-refractivity contribution < 1.29 is 27.1 Å². The second-order valence-electron chi connectivity index (χ2n) is 8.60. The molecule has 6 heteroatoms. The van der Waals surface area contributed by atoms with Crippen molar-refractivity contribution >= 4 is 5.97 Å². The Hall–Kier alpha value is -1.59. The molecule has 0 amide bonds. The lowest BCUT2D eigenvalue weighted by Gasteiger charge is -2.28. The second kappa shape index (κ2) is 12.3. The first kappa shape index (κ1) is 24.7. The SMILES string of the molecule is CCCCCCCCC1CCC(CCC(=O)Oc2ccc(C(F)(F)F)c(F)c2)CC1. The highest BCUT2D eigenvalue weighted by atomic mass is 19.4. The van der Waals surface area contributed by atoms with Crippen LogP contribution in [0.1, 0.15) is 96.0 Å². The molecule has 0 atom stereocenters. The van der Waals surface area contributed by atoms with Crippen LogP contribution < -0.4 is 4.74 Å². The lowest BCUT2D eigenvalue weighted by Crippen LogP contribution is -2.17. The summed E-state index contributed by atoms with van der Waals surface area (Å²) in [5, 5.41) is 0. The second-order valence-corrected chi connectivity index (χ2v) is 8.60. The molecule has 1 aliphatic rings. The molecular weight excluding hydrogens is 396 g/mol. The van der Waals surface area contributed by atoms with Crippen LogP contribution in [0.4, 0.5) is 17.6 Å². The summed E-state index contributed by atoms with van der Waals surface area (Å²) in [4.78, 5) is 12.0. The van der Waals surface area contributed by atoms with E-state index in [9.17, 15) is 22.4 Å². The molecule has 0 bridgehead atoms. The van der Waals surface area contributed by atoms with Crippen LogP contribution in [0, 0.1) is 17.7 Å². The highest BCUT2D eigenvalue weighted by Gasteiger charge is 2.34. The Morgan fingerprint density at radius 1 is 0.967 bits per heavy atom. The zero-order valence-corrected chi connectivity index (χ0v) is 17.9. The quantitative estimate of drug-likeness (QED) is 0.153. The van der Waals surface area contributed by atoms with Crippen molar-refractivity contribution in [3.63, 3.8) is 0 Å². The van der Waals surface area contributed by atoms with E-state index in [1.165, 1.54) is 57.8 Å². The Kier molecular flexibility index (Phi) is 10.1. The van der Waals surface area contributed by atoms with Gasteiger partial charge in [0.1, 0.15) is 11.6 Å². The molecule has 2 rings (SSSR count). The summed E-state index contributed by atoms with van der Waals surface area (Å²) < 4.78 is 56.3. The van der Waals surface area contributed by atoms with Gasteiger partial charge in [0.2, 0.25) is 0 Å². The molecule has 170 valence electrons. The summed E-state index contributed by atoms with van der Waals surface area (Å²) in [7, 11) is 0. The Labute approximate surface area is 177 Å². The van der Waals surface area contributed by atoms with Crippen molar-refractivity contribution in [1.82, 2.24) is 0 Å². The fraction of sp³-hybridized carbons (Fsp3) is 0.708. The van der Waals surface area contributed by atoms with Gasteiger partial charge < -0.3 is 4.74 Å². The van der Waals surface area contributed by atoms with E-state index in [1.54, 1.807) is 0 Å². The Balaban J connectivity index is 1.63. The Morgan fingerprint density at radius 2 is 1.57 bits per heavy atom. The molecule has 1 aromatic carbocycles. The molecule has 1 aliphatic carbocycles. The zero-order valence-electron chi connectivity index (χ0n) is 17.9. The van der Waals surface area contributed by atoms with Gasteiger partial charge in [-0.15, -0.1) is 0 Å². The molecule has 2 nitrogen and oxygen atoms in total. The smallest absolute Gasteiger partial charge is 0.419 e. The van der Waals surface area contributed by atoms with Crippen LogP contribution in [0.25, 0.3) is 0 Å². The molecule has 1 saturated carbocycles. The van der Waals surface area contributed by atoms with Gasteiger partial charge in [0.05, 0.1) is 5.56 Å². The number of benzene rings is 1.